The van der Waals surface area contributed by atoms with E-state index in [1.54, 1.807) is 13.8 Å². The second-order valence-electron chi connectivity index (χ2n) is 3.63. The minimum Gasteiger partial charge on any atom is -0.490 e. The molecule has 0 aliphatic rings. The van der Waals surface area contributed by atoms with E-state index in [1.807, 2.05) is 0 Å². The molecule has 20 heavy (non-hydrogen) atoms. The van der Waals surface area contributed by atoms with Crippen LogP contribution in [0, 0.1) is 4.91 Å². The summed E-state index contributed by atoms with van der Waals surface area (Å²) in [6.07, 6.45) is 0. The number of nitrogens with zero attached hydrogens (tertiary/aromatic N) is 1. The maximum absolute atomic E-state index is 12.6. The molecule has 0 unspecified atom stereocenters. The molecule has 0 aliphatic heterocycles. The largest absolute Gasteiger partial charge is 0.490 e. The summed E-state index contributed by atoms with van der Waals surface area (Å²) in [6, 6.07) is 4.43. The molecule has 1 rings (SSSR count). The van der Waals surface area contributed by atoms with E-state index in [2.05, 4.69) is 4.84 Å². The first-order chi connectivity index (χ1) is 9.52. The van der Waals surface area contributed by atoms with Gasteiger partial charge in [0.1, 0.15) is 0 Å². The molecule has 0 aliphatic carbocycles. The van der Waals surface area contributed by atoms with E-state index in [1.165, 1.54) is 32.4 Å². The standard InChI is InChI=1S/C12H19NO6P/c1-5-18-20(15,19-6-2)10-7-8-12(16-3)11(9-10)13(14)17-4/h7-9H,5-6H2,1-4H3/q+1. The van der Waals surface area contributed by atoms with Crippen molar-refractivity contribution in [3.8, 4) is 5.75 Å². The first-order valence-electron chi connectivity index (χ1n) is 6.11. The SMILES string of the molecule is CCOP(=O)(OCC)c1ccc(OC)c([N+](=O)OC)c1. The van der Waals surface area contributed by atoms with Gasteiger partial charge in [0.05, 0.1) is 30.5 Å². The summed E-state index contributed by atoms with van der Waals surface area (Å²) in [4.78, 5) is 16.5. The lowest BCUT2D eigenvalue weighted by Gasteiger charge is -2.17. The van der Waals surface area contributed by atoms with Gasteiger partial charge in [-0.2, -0.15) is 0 Å². The van der Waals surface area contributed by atoms with E-state index < -0.39 is 7.60 Å². The minimum atomic E-state index is -3.46. The van der Waals surface area contributed by atoms with Gasteiger partial charge in [0.15, 0.2) is 7.11 Å². The molecule has 112 valence electrons. The highest BCUT2D eigenvalue weighted by Gasteiger charge is 2.32. The van der Waals surface area contributed by atoms with Gasteiger partial charge in [-0.15, -0.1) is 0 Å². The third-order valence-electron chi connectivity index (χ3n) is 2.44. The van der Waals surface area contributed by atoms with E-state index in [0.717, 1.165) is 0 Å². The van der Waals surface area contributed by atoms with Crippen molar-refractivity contribution in [2.24, 2.45) is 0 Å². The maximum atomic E-state index is 12.6. The van der Waals surface area contributed by atoms with Crippen LogP contribution >= 0.6 is 7.60 Å². The van der Waals surface area contributed by atoms with E-state index >= 15 is 0 Å². The second-order valence-corrected chi connectivity index (χ2v) is 5.66. The summed E-state index contributed by atoms with van der Waals surface area (Å²) in [5, 5.41) is 0.273. The lowest BCUT2D eigenvalue weighted by molar-refractivity contribution is -0.736. The van der Waals surface area contributed by atoms with Crippen LogP contribution in [0.2, 0.25) is 0 Å². The number of methoxy groups -OCH3 is 1. The normalized spacial score (nSPS) is 11.2. The van der Waals surface area contributed by atoms with Gasteiger partial charge < -0.3 is 13.8 Å². The fraction of sp³-hybridized carbons (Fsp3) is 0.500. The zero-order valence-corrected chi connectivity index (χ0v) is 12.9. The Morgan fingerprint density at radius 2 is 1.75 bits per heavy atom. The van der Waals surface area contributed by atoms with Gasteiger partial charge in [-0.05, 0) is 26.0 Å². The zero-order valence-electron chi connectivity index (χ0n) is 12.0. The van der Waals surface area contributed by atoms with E-state index in [9.17, 15) is 9.47 Å². The van der Waals surface area contributed by atoms with Crippen LogP contribution in [0.25, 0.3) is 0 Å². The Kier molecular flexibility index (Phi) is 6.13. The average Bonchev–Trinajstić information content (AvgIpc) is 2.46. The topological polar surface area (TPSA) is 74.1 Å². The van der Waals surface area contributed by atoms with Crippen LogP contribution in [-0.2, 0) is 18.5 Å². The Morgan fingerprint density at radius 3 is 2.20 bits per heavy atom. The van der Waals surface area contributed by atoms with Gasteiger partial charge in [0, 0.05) is 6.07 Å². The van der Waals surface area contributed by atoms with Crippen molar-refractivity contribution >= 4 is 18.6 Å². The Morgan fingerprint density at radius 1 is 1.15 bits per heavy atom. The van der Waals surface area contributed by atoms with E-state index in [4.69, 9.17) is 13.8 Å². The fourth-order valence-electron chi connectivity index (χ4n) is 1.62. The number of hydrogen-bond donors (Lipinski definition) is 0. The van der Waals surface area contributed by atoms with Crippen molar-refractivity contribution in [1.82, 2.24) is 0 Å². The quantitative estimate of drug-likeness (QED) is 0.543. The van der Waals surface area contributed by atoms with Gasteiger partial charge in [-0.3, -0.25) is 4.57 Å². The van der Waals surface area contributed by atoms with Crippen LogP contribution in [0.5, 0.6) is 5.75 Å². The molecular formula is C12H19NO6P+. The molecule has 1 aromatic carbocycles. The van der Waals surface area contributed by atoms with Crippen LogP contribution in [0.15, 0.2) is 18.2 Å². The highest BCUT2D eigenvalue weighted by molar-refractivity contribution is 7.62. The fourth-order valence-corrected chi connectivity index (χ4v) is 3.21. The number of ether oxygens (including phenoxy) is 1. The van der Waals surface area contributed by atoms with Crippen molar-refractivity contribution < 1.29 is 28.1 Å². The van der Waals surface area contributed by atoms with Crippen LogP contribution in [0.4, 0.5) is 5.69 Å². The van der Waals surface area contributed by atoms with Gasteiger partial charge in [0.2, 0.25) is 5.75 Å². The average molecular weight is 304 g/mol. The molecule has 0 heterocycles. The molecule has 0 saturated carbocycles. The van der Waals surface area contributed by atoms with Gasteiger partial charge >= 0.3 is 13.3 Å². The molecule has 0 radical (unpaired) electrons. The third-order valence-corrected chi connectivity index (χ3v) is 4.55. The number of hydrogen-bond acceptors (Lipinski definition) is 6. The molecule has 0 amide bonds. The van der Waals surface area contributed by atoms with Crippen molar-refractivity contribution in [3.63, 3.8) is 0 Å². The molecule has 0 spiro atoms. The van der Waals surface area contributed by atoms with Gasteiger partial charge in [0.25, 0.3) is 4.92 Å². The zero-order chi connectivity index (χ0) is 15.2. The van der Waals surface area contributed by atoms with Crippen LogP contribution in [0.3, 0.4) is 0 Å². The Hall–Kier alpha value is -1.43. The summed E-state index contributed by atoms with van der Waals surface area (Å²) in [7, 11) is -0.807. The Labute approximate surface area is 117 Å². The molecule has 0 fully saturated rings. The summed E-state index contributed by atoms with van der Waals surface area (Å²) in [5.41, 5.74) is 0.0899. The van der Waals surface area contributed by atoms with Crippen LogP contribution in [-0.4, -0.2) is 32.4 Å². The molecule has 0 atom stereocenters. The van der Waals surface area contributed by atoms with Crippen LogP contribution in [0.1, 0.15) is 13.8 Å². The molecular weight excluding hydrogens is 285 g/mol. The molecule has 0 bridgehead atoms. The molecule has 1 aromatic rings. The smallest absolute Gasteiger partial charge is 0.361 e. The van der Waals surface area contributed by atoms with Gasteiger partial charge in [-0.1, -0.05) is 0 Å². The number of benzene rings is 1. The van der Waals surface area contributed by atoms with Crippen molar-refractivity contribution in [1.29, 1.82) is 0 Å². The lowest BCUT2D eigenvalue weighted by atomic mass is 10.3. The van der Waals surface area contributed by atoms with Crippen molar-refractivity contribution in [2.45, 2.75) is 13.8 Å². The summed E-state index contributed by atoms with van der Waals surface area (Å²) in [5.74, 6) is 0.296. The monoisotopic (exact) mass is 304 g/mol. The maximum Gasteiger partial charge on any atom is 0.361 e. The highest BCUT2D eigenvalue weighted by atomic mass is 31.2. The van der Waals surface area contributed by atoms with E-state index in [0.29, 0.717) is 5.75 Å². The predicted octanol–water partition coefficient (Wildman–Crippen LogP) is 2.56. The summed E-state index contributed by atoms with van der Waals surface area (Å²) in [6.45, 7) is 3.88. The predicted molar refractivity (Wildman–Crippen MR) is 73.8 cm³/mol. The summed E-state index contributed by atoms with van der Waals surface area (Å²) >= 11 is 0. The molecule has 0 saturated heterocycles. The highest BCUT2D eigenvalue weighted by Crippen LogP contribution is 2.48. The number of rotatable bonds is 8. The Bertz CT molecular complexity index is 509. The first kappa shape index (κ1) is 16.6. The second kappa shape index (κ2) is 7.38. The minimum absolute atomic E-state index is 0.0899. The molecule has 7 nitrogen and oxygen atoms in total. The van der Waals surface area contributed by atoms with Gasteiger partial charge in [-0.25, -0.2) is 4.84 Å². The van der Waals surface area contributed by atoms with E-state index in [-0.39, 0.29) is 29.1 Å². The molecule has 0 N–H and O–H groups in total. The third kappa shape index (κ3) is 3.56. The van der Waals surface area contributed by atoms with Crippen molar-refractivity contribution in [3.05, 3.63) is 23.1 Å². The van der Waals surface area contributed by atoms with Crippen LogP contribution < -0.4 is 10.0 Å². The molecule has 0 aromatic heterocycles. The Balaban J connectivity index is 3.31. The van der Waals surface area contributed by atoms with Crippen molar-refractivity contribution in [2.75, 3.05) is 27.4 Å². The lowest BCUT2D eigenvalue weighted by Crippen LogP contribution is -2.12. The molecule has 8 heteroatoms. The summed E-state index contributed by atoms with van der Waals surface area (Å²) < 4.78 is 28.2. The first-order valence-corrected chi connectivity index (χ1v) is 7.65.